The number of anilines is 1. The number of carbonyl (C=O) groups is 2. The van der Waals surface area contributed by atoms with Crippen LogP contribution < -0.4 is 26.8 Å². The second kappa shape index (κ2) is 18.5. The topological polar surface area (TPSA) is 209 Å². The van der Waals surface area contributed by atoms with E-state index in [2.05, 4.69) is 16.0 Å². The highest BCUT2D eigenvalue weighted by atomic mass is 32.2. The molecule has 1 aliphatic carbocycles. The molecule has 1 aliphatic rings. The fourth-order valence-corrected chi connectivity index (χ4v) is 6.73. The van der Waals surface area contributed by atoms with Crippen LogP contribution in [0.2, 0.25) is 0 Å². The van der Waals surface area contributed by atoms with E-state index in [-0.39, 0.29) is 45.3 Å². The lowest BCUT2D eigenvalue weighted by atomic mass is 9.96. The molecule has 1 fully saturated rings. The van der Waals surface area contributed by atoms with Gasteiger partial charge in [0.15, 0.2) is 32.2 Å². The van der Waals surface area contributed by atoms with E-state index in [0.29, 0.717) is 38.8 Å². The summed E-state index contributed by atoms with van der Waals surface area (Å²) >= 11 is 0. The lowest BCUT2D eigenvalue weighted by molar-refractivity contribution is -0.122. The van der Waals surface area contributed by atoms with Gasteiger partial charge in [-0.25, -0.2) is 35.1 Å². The van der Waals surface area contributed by atoms with Gasteiger partial charge in [0.1, 0.15) is 4.90 Å². The van der Waals surface area contributed by atoms with Crippen LogP contribution in [0.3, 0.4) is 0 Å². The van der Waals surface area contributed by atoms with Gasteiger partial charge in [0.05, 0.1) is 37.9 Å². The number of hydrogen-bond donors (Lipinski definition) is 5. The molecule has 0 aromatic heterocycles. The molecule has 0 saturated heterocycles. The second-order valence-corrected chi connectivity index (χ2v) is 13.8. The average Bonchev–Trinajstić information content (AvgIpc) is 2.93. The third-order valence-corrected chi connectivity index (χ3v) is 9.44. The fourth-order valence-electron chi connectivity index (χ4n) is 4.56. The summed E-state index contributed by atoms with van der Waals surface area (Å²) in [5.74, 6) is -8.16. The van der Waals surface area contributed by atoms with E-state index in [1.165, 1.54) is 0 Å². The zero-order valence-electron chi connectivity index (χ0n) is 24.5. The minimum atomic E-state index is -5.11. The zero-order chi connectivity index (χ0) is 32.8. The number of amides is 2. The number of primary sulfonamides is 1. The molecule has 0 bridgehead atoms. The molecular formula is C26H42F3N5O8S2. The van der Waals surface area contributed by atoms with E-state index in [1.807, 2.05) is 0 Å². The molecule has 2 rings (SSSR count). The lowest BCUT2D eigenvalue weighted by Gasteiger charge is -2.25. The van der Waals surface area contributed by atoms with Crippen molar-refractivity contribution in [3.05, 3.63) is 17.5 Å². The molecule has 18 heteroatoms. The van der Waals surface area contributed by atoms with Crippen molar-refractivity contribution in [1.29, 1.82) is 0 Å². The summed E-state index contributed by atoms with van der Waals surface area (Å²) < 4.78 is 106. The summed E-state index contributed by atoms with van der Waals surface area (Å²) in [5, 5.41) is 12.5. The first-order chi connectivity index (χ1) is 20.8. The van der Waals surface area contributed by atoms with Gasteiger partial charge in [-0.1, -0.05) is 32.1 Å². The minimum Gasteiger partial charge on any atom is -0.379 e. The van der Waals surface area contributed by atoms with Gasteiger partial charge in [-0.3, -0.25) is 9.59 Å². The van der Waals surface area contributed by atoms with Gasteiger partial charge in [0, 0.05) is 38.5 Å². The molecule has 0 radical (unpaired) electrons. The van der Waals surface area contributed by atoms with E-state index in [0.717, 1.165) is 19.3 Å². The predicted octanol–water partition coefficient (Wildman–Crippen LogP) is 1.05. The van der Waals surface area contributed by atoms with E-state index in [9.17, 15) is 30.8 Å². The number of hydrogen-bond acceptors (Lipinski definition) is 10. The van der Waals surface area contributed by atoms with Crippen molar-refractivity contribution < 1.29 is 49.1 Å². The highest BCUT2D eigenvalue weighted by Crippen LogP contribution is 2.37. The summed E-state index contributed by atoms with van der Waals surface area (Å²) in [4.78, 5) is 20.5. The molecule has 1 aromatic carbocycles. The number of sulfonamides is 1. The third kappa shape index (κ3) is 12.1. The van der Waals surface area contributed by atoms with Gasteiger partial charge in [-0.2, -0.15) is 0 Å². The lowest BCUT2D eigenvalue weighted by Crippen LogP contribution is -2.30. The molecule has 0 unspecified atom stereocenters. The van der Waals surface area contributed by atoms with E-state index in [4.69, 9.17) is 20.3 Å². The Balaban J connectivity index is 1.99. The van der Waals surface area contributed by atoms with Crippen LogP contribution in [0.15, 0.2) is 9.79 Å². The molecule has 1 aromatic rings. The summed E-state index contributed by atoms with van der Waals surface area (Å²) in [5.41, 5.74) is 4.26. The van der Waals surface area contributed by atoms with Crippen molar-refractivity contribution in [2.75, 3.05) is 57.1 Å². The number of nitrogens with two attached hydrogens (primary N) is 2. The Morgan fingerprint density at radius 3 is 1.91 bits per heavy atom. The van der Waals surface area contributed by atoms with Crippen LogP contribution in [0.4, 0.5) is 18.9 Å². The van der Waals surface area contributed by atoms with Gasteiger partial charge in [-0.05, 0) is 12.8 Å². The third-order valence-electron chi connectivity index (χ3n) is 6.76. The van der Waals surface area contributed by atoms with Crippen molar-refractivity contribution >= 4 is 37.4 Å². The predicted molar refractivity (Wildman–Crippen MR) is 155 cm³/mol. The van der Waals surface area contributed by atoms with Crippen molar-refractivity contribution in [2.45, 2.75) is 73.6 Å². The Hall–Kier alpha value is -2.51. The highest BCUT2D eigenvalue weighted by molar-refractivity contribution is 7.91. The van der Waals surface area contributed by atoms with Crippen LogP contribution in [0.5, 0.6) is 0 Å². The highest BCUT2D eigenvalue weighted by Gasteiger charge is 2.37. The summed E-state index contributed by atoms with van der Waals surface area (Å²) in [6, 6.07) is -0.536. The van der Waals surface area contributed by atoms with Crippen molar-refractivity contribution in [3.8, 4) is 0 Å². The van der Waals surface area contributed by atoms with Gasteiger partial charge in [0.25, 0.3) is 0 Å². The molecule has 0 aliphatic heterocycles. The Bertz CT molecular complexity index is 1330. The number of nitrogens with one attached hydrogen (secondary N) is 3. The van der Waals surface area contributed by atoms with Crippen LogP contribution in [0.1, 0.15) is 57.8 Å². The van der Waals surface area contributed by atoms with E-state index < -0.39 is 76.9 Å². The zero-order valence-corrected chi connectivity index (χ0v) is 26.1. The molecule has 2 amide bonds. The van der Waals surface area contributed by atoms with E-state index in [1.54, 1.807) is 0 Å². The van der Waals surface area contributed by atoms with Crippen molar-refractivity contribution in [2.24, 2.45) is 10.9 Å². The molecule has 44 heavy (non-hydrogen) atoms. The maximum atomic E-state index is 15.4. The first-order valence-corrected chi connectivity index (χ1v) is 17.6. The van der Waals surface area contributed by atoms with Crippen LogP contribution >= 0.6 is 0 Å². The van der Waals surface area contributed by atoms with Gasteiger partial charge >= 0.3 is 0 Å². The Kier molecular flexibility index (Phi) is 15.8. The number of benzene rings is 1. The monoisotopic (exact) mass is 673 g/mol. The van der Waals surface area contributed by atoms with Crippen molar-refractivity contribution in [1.82, 2.24) is 10.6 Å². The maximum Gasteiger partial charge on any atom is 0.244 e. The summed E-state index contributed by atoms with van der Waals surface area (Å²) in [6.07, 6.45) is 4.55. The molecular weight excluding hydrogens is 631 g/mol. The van der Waals surface area contributed by atoms with Gasteiger partial charge in [-0.15, -0.1) is 0 Å². The van der Waals surface area contributed by atoms with Crippen LogP contribution in [-0.2, 0) is 38.9 Å². The standard InChI is InChI=1S/C26H42F3N5O8S2/c27-21-22(28)26(24(23(29)25(21)44(31,39)40)34-18-6-4-2-1-3-5-7-18)43(37,38)17-9-20(36)33-12-14-42-16-15-41-13-8-19(35)32-11-10-30/h18,34H,1-17,30H2,(H,32,35)(H,33,36)(H2,31,39,40). The molecule has 252 valence electrons. The number of halogens is 3. The first-order valence-electron chi connectivity index (χ1n) is 14.4. The van der Waals surface area contributed by atoms with E-state index >= 15 is 8.78 Å². The molecule has 0 spiro atoms. The maximum absolute atomic E-state index is 15.4. The fraction of sp³-hybridized carbons (Fsp3) is 0.692. The normalized spacial score (nSPS) is 14.9. The van der Waals surface area contributed by atoms with Gasteiger partial charge < -0.3 is 31.2 Å². The smallest absolute Gasteiger partial charge is 0.244 e. The Labute approximate surface area is 255 Å². The largest absolute Gasteiger partial charge is 0.379 e. The number of ether oxygens (including phenoxy) is 2. The molecule has 13 nitrogen and oxygen atoms in total. The number of sulfone groups is 1. The second-order valence-electron chi connectivity index (χ2n) is 10.2. The van der Waals surface area contributed by atoms with Crippen LogP contribution in [-0.4, -0.2) is 86.5 Å². The summed E-state index contributed by atoms with van der Waals surface area (Å²) in [6.45, 7) is 1.29. The van der Waals surface area contributed by atoms with Crippen molar-refractivity contribution in [3.63, 3.8) is 0 Å². The number of rotatable bonds is 18. The minimum absolute atomic E-state index is 0.00443. The quantitative estimate of drug-likeness (QED) is 0.111. The SMILES string of the molecule is NCCNC(=O)CCOCCOCCNC(=O)CCS(=O)(=O)c1c(F)c(F)c(S(N)(=O)=O)c(F)c1NC1CCCCCCC1. The molecule has 0 atom stereocenters. The summed E-state index contributed by atoms with van der Waals surface area (Å²) in [7, 11) is -9.96. The van der Waals surface area contributed by atoms with Crippen LogP contribution in [0, 0.1) is 17.5 Å². The average molecular weight is 674 g/mol. The Morgan fingerprint density at radius 2 is 1.30 bits per heavy atom. The molecule has 1 saturated carbocycles. The molecule has 7 N–H and O–H groups in total. The Morgan fingerprint density at radius 1 is 0.750 bits per heavy atom. The number of carbonyl (C=O) groups excluding carboxylic acids is 2. The van der Waals surface area contributed by atoms with Gasteiger partial charge in [0.2, 0.25) is 21.8 Å². The first kappa shape index (κ1) is 37.7. The van der Waals surface area contributed by atoms with Crippen LogP contribution in [0.25, 0.3) is 0 Å². The molecule has 0 heterocycles.